The van der Waals surface area contributed by atoms with Gasteiger partial charge in [-0.2, -0.15) is 0 Å². The van der Waals surface area contributed by atoms with Crippen molar-refractivity contribution in [3.05, 3.63) is 40.2 Å². The number of benzene rings is 1. The highest BCUT2D eigenvalue weighted by Crippen LogP contribution is 2.29. The van der Waals surface area contributed by atoms with Gasteiger partial charge < -0.3 is 4.90 Å². The lowest BCUT2D eigenvalue weighted by atomic mass is 10.2. The van der Waals surface area contributed by atoms with E-state index in [-0.39, 0.29) is 5.91 Å². The quantitative estimate of drug-likeness (QED) is 0.867. The summed E-state index contributed by atoms with van der Waals surface area (Å²) >= 11 is 1.54. The number of aromatic nitrogens is 1. The van der Waals surface area contributed by atoms with Crippen LogP contribution in [0.5, 0.6) is 0 Å². The van der Waals surface area contributed by atoms with Gasteiger partial charge in [0.2, 0.25) is 0 Å². The van der Waals surface area contributed by atoms with Crippen LogP contribution in [0.1, 0.15) is 40.2 Å². The summed E-state index contributed by atoms with van der Waals surface area (Å²) in [4.78, 5) is 19.8. The van der Waals surface area contributed by atoms with Gasteiger partial charge in [0.25, 0.3) is 5.91 Å². The van der Waals surface area contributed by atoms with Gasteiger partial charge >= 0.3 is 0 Å². The Bertz CT molecular complexity index is 703. The second kappa shape index (κ2) is 6.66. The van der Waals surface area contributed by atoms with Crippen LogP contribution in [0, 0.1) is 5.82 Å². The largest absolute Gasteiger partial charge is 0.375 e. The van der Waals surface area contributed by atoms with E-state index in [1.807, 2.05) is 0 Å². The maximum Gasteiger partial charge on any atom is 0.257 e. The third kappa shape index (κ3) is 3.52. The van der Waals surface area contributed by atoms with Crippen molar-refractivity contribution in [3.8, 4) is 0 Å². The first-order chi connectivity index (χ1) is 11.0. The highest BCUT2D eigenvalue weighted by atomic mass is 32.1. The van der Waals surface area contributed by atoms with Gasteiger partial charge in [-0.15, -0.1) is 11.3 Å². The van der Waals surface area contributed by atoms with Crippen molar-refractivity contribution in [2.45, 2.75) is 32.1 Å². The molecule has 1 heterocycles. The Hall–Kier alpha value is -1.95. The Morgan fingerprint density at radius 2 is 2.04 bits per heavy atom. The Morgan fingerprint density at radius 1 is 1.26 bits per heavy atom. The van der Waals surface area contributed by atoms with Crippen molar-refractivity contribution in [3.63, 3.8) is 0 Å². The van der Waals surface area contributed by atoms with Gasteiger partial charge in [-0.25, -0.2) is 9.37 Å². The zero-order valence-electron chi connectivity index (χ0n) is 13.4. The number of thiazole rings is 1. The molecule has 1 amide bonds. The van der Waals surface area contributed by atoms with Crippen LogP contribution < -0.4 is 10.2 Å². The van der Waals surface area contributed by atoms with Crippen LogP contribution in [0.4, 0.5) is 15.2 Å². The Morgan fingerprint density at radius 3 is 2.78 bits per heavy atom. The molecule has 0 fully saturated rings. The molecule has 23 heavy (non-hydrogen) atoms. The monoisotopic (exact) mass is 333 g/mol. The number of hydrogen-bond donors (Lipinski definition) is 1. The van der Waals surface area contributed by atoms with Gasteiger partial charge in [-0.1, -0.05) is 6.42 Å². The van der Waals surface area contributed by atoms with Gasteiger partial charge in [0, 0.05) is 24.5 Å². The summed E-state index contributed by atoms with van der Waals surface area (Å²) in [5.74, 6) is -0.726. The molecule has 0 aliphatic heterocycles. The molecule has 1 aromatic carbocycles. The number of nitrogens with one attached hydrogen (secondary N) is 1. The normalized spacial score (nSPS) is 14.0. The average Bonchev–Trinajstić information content (AvgIpc) is 2.75. The number of anilines is 2. The predicted octanol–water partition coefficient (Wildman–Crippen LogP) is 3.87. The van der Waals surface area contributed by atoms with Gasteiger partial charge in [0.1, 0.15) is 5.82 Å². The molecule has 0 spiro atoms. The van der Waals surface area contributed by atoms with Gasteiger partial charge in [0.05, 0.1) is 11.4 Å². The summed E-state index contributed by atoms with van der Waals surface area (Å²) in [6.07, 6.45) is 5.59. The average molecular weight is 333 g/mol. The summed E-state index contributed by atoms with van der Waals surface area (Å²) in [6.45, 7) is 0. The summed E-state index contributed by atoms with van der Waals surface area (Å²) < 4.78 is 14.0. The molecule has 2 aromatic rings. The molecule has 0 unspecified atom stereocenters. The maximum atomic E-state index is 14.0. The first-order valence-electron chi connectivity index (χ1n) is 7.81. The summed E-state index contributed by atoms with van der Waals surface area (Å²) in [5.41, 5.74) is 1.87. The van der Waals surface area contributed by atoms with Gasteiger partial charge in [-0.3, -0.25) is 10.1 Å². The molecule has 0 saturated carbocycles. The number of carbonyl (C=O) groups excluding carboxylic acids is 1. The topological polar surface area (TPSA) is 45.2 Å². The van der Waals surface area contributed by atoms with Crippen LogP contribution in [-0.4, -0.2) is 25.0 Å². The molecule has 4 nitrogen and oxygen atoms in total. The Balaban J connectivity index is 1.75. The number of amides is 1. The van der Waals surface area contributed by atoms with Crippen molar-refractivity contribution in [2.24, 2.45) is 0 Å². The molecule has 3 rings (SSSR count). The fraction of sp³-hybridized carbons (Fsp3) is 0.412. The Labute approximate surface area is 139 Å². The number of fused-ring (bicyclic) bond motifs is 1. The molecule has 1 aliphatic carbocycles. The second-order valence-corrected chi connectivity index (χ2v) is 7.05. The van der Waals surface area contributed by atoms with E-state index in [2.05, 4.69) is 10.3 Å². The molecule has 0 saturated heterocycles. The van der Waals surface area contributed by atoms with E-state index >= 15 is 0 Å². The lowest BCUT2D eigenvalue weighted by Crippen LogP contribution is -2.14. The number of nitrogens with zero attached hydrogens (tertiary/aromatic N) is 2. The van der Waals surface area contributed by atoms with Crippen molar-refractivity contribution >= 4 is 28.1 Å². The first kappa shape index (κ1) is 15.9. The fourth-order valence-electron chi connectivity index (χ4n) is 2.76. The van der Waals surface area contributed by atoms with Crippen molar-refractivity contribution < 1.29 is 9.18 Å². The van der Waals surface area contributed by atoms with E-state index in [1.54, 1.807) is 31.1 Å². The molecule has 1 aromatic heterocycles. The number of rotatable bonds is 3. The third-order valence-electron chi connectivity index (χ3n) is 4.01. The van der Waals surface area contributed by atoms with E-state index < -0.39 is 5.82 Å². The third-order valence-corrected chi connectivity index (χ3v) is 5.08. The minimum Gasteiger partial charge on any atom is -0.375 e. The standard InChI is InChI=1S/C17H20FN3OS/c1-21(2)14-9-8-11(10-12(14)18)16(22)20-17-19-13-6-4-3-5-7-15(13)23-17/h8-10H,3-7H2,1-2H3,(H,19,20,22). The molecule has 1 aliphatic rings. The highest BCUT2D eigenvalue weighted by Gasteiger charge is 2.17. The van der Waals surface area contributed by atoms with E-state index in [0.717, 1.165) is 25.0 Å². The smallest absolute Gasteiger partial charge is 0.257 e. The van der Waals surface area contributed by atoms with Crippen LogP contribution in [0.15, 0.2) is 18.2 Å². The molecule has 0 bridgehead atoms. The minimum absolute atomic E-state index is 0.304. The minimum atomic E-state index is -0.405. The molecule has 6 heteroatoms. The second-order valence-electron chi connectivity index (χ2n) is 5.96. The SMILES string of the molecule is CN(C)c1ccc(C(=O)Nc2nc3c(s2)CCCCC3)cc1F. The molecular weight excluding hydrogens is 313 g/mol. The summed E-state index contributed by atoms with van der Waals surface area (Å²) in [6, 6.07) is 4.51. The van der Waals surface area contributed by atoms with Crippen LogP contribution in [0.3, 0.4) is 0 Å². The molecular formula is C17H20FN3OS. The van der Waals surface area contributed by atoms with E-state index in [4.69, 9.17) is 0 Å². The number of hydrogen-bond acceptors (Lipinski definition) is 4. The molecule has 1 N–H and O–H groups in total. The zero-order valence-corrected chi connectivity index (χ0v) is 14.2. The lowest BCUT2D eigenvalue weighted by Gasteiger charge is -2.13. The molecule has 0 radical (unpaired) electrons. The van der Waals surface area contributed by atoms with Crippen LogP contribution >= 0.6 is 11.3 Å². The lowest BCUT2D eigenvalue weighted by molar-refractivity contribution is 0.102. The molecule has 122 valence electrons. The van der Waals surface area contributed by atoms with Gasteiger partial charge in [0.15, 0.2) is 5.13 Å². The van der Waals surface area contributed by atoms with Crippen molar-refractivity contribution in [2.75, 3.05) is 24.3 Å². The fourth-order valence-corrected chi connectivity index (χ4v) is 3.81. The maximum absolute atomic E-state index is 14.0. The van der Waals surface area contributed by atoms with Crippen LogP contribution in [-0.2, 0) is 12.8 Å². The summed E-state index contributed by atoms with van der Waals surface area (Å²) in [5, 5.41) is 3.41. The van der Waals surface area contributed by atoms with E-state index in [0.29, 0.717) is 16.4 Å². The summed E-state index contributed by atoms with van der Waals surface area (Å²) in [7, 11) is 3.53. The van der Waals surface area contributed by atoms with E-state index in [9.17, 15) is 9.18 Å². The molecule has 0 atom stereocenters. The first-order valence-corrected chi connectivity index (χ1v) is 8.63. The van der Waals surface area contributed by atoms with Crippen molar-refractivity contribution in [1.29, 1.82) is 0 Å². The Kier molecular flexibility index (Phi) is 4.61. The van der Waals surface area contributed by atoms with E-state index in [1.165, 1.54) is 35.1 Å². The number of carbonyl (C=O) groups is 1. The van der Waals surface area contributed by atoms with Gasteiger partial charge in [-0.05, 0) is 43.9 Å². The number of aryl methyl sites for hydroxylation is 2. The zero-order chi connectivity index (χ0) is 16.4. The van der Waals surface area contributed by atoms with Crippen LogP contribution in [0.25, 0.3) is 0 Å². The highest BCUT2D eigenvalue weighted by molar-refractivity contribution is 7.15. The van der Waals surface area contributed by atoms with Crippen LogP contribution in [0.2, 0.25) is 0 Å². The number of halogens is 1. The predicted molar refractivity (Wildman–Crippen MR) is 92.1 cm³/mol. The van der Waals surface area contributed by atoms with Crippen molar-refractivity contribution in [1.82, 2.24) is 4.98 Å².